The topological polar surface area (TPSA) is 114 Å². The van der Waals surface area contributed by atoms with Crippen LogP contribution < -0.4 is 11.1 Å². The van der Waals surface area contributed by atoms with Crippen LogP contribution in [-0.2, 0) is 19.5 Å². The normalized spacial score (nSPS) is 11.0. The highest BCUT2D eigenvalue weighted by Crippen LogP contribution is 2.21. The van der Waals surface area contributed by atoms with Gasteiger partial charge < -0.3 is 15.5 Å². The lowest BCUT2D eigenvalue weighted by atomic mass is 10.1. The van der Waals surface area contributed by atoms with Crippen molar-refractivity contribution in [3.8, 4) is 6.07 Å². The first kappa shape index (κ1) is 20.8. The van der Waals surface area contributed by atoms with E-state index in [1.54, 1.807) is 6.20 Å². The van der Waals surface area contributed by atoms with Crippen molar-refractivity contribution in [2.24, 2.45) is 0 Å². The molecule has 31 heavy (non-hydrogen) atoms. The highest BCUT2D eigenvalue weighted by molar-refractivity contribution is 6.31. The van der Waals surface area contributed by atoms with Crippen LogP contribution in [0.15, 0.2) is 40.9 Å². The third kappa shape index (κ3) is 4.66. The van der Waals surface area contributed by atoms with Crippen molar-refractivity contribution in [3.05, 3.63) is 81.3 Å². The number of hydrogen-bond acceptors (Lipinski definition) is 7. The number of nitriles is 1. The number of aryl methyl sites for hydroxylation is 2. The van der Waals surface area contributed by atoms with Crippen molar-refractivity contribution >= 4 is 28.3 Å². The predicted molar refractivity (Wildman–Crippen MR) is 119 cm³/mol. The number of aromatic nitrogens is 3. The van der Waals surface area contributed by atoms with Gasteiger partial charge in [0.05, 0.1) is 17.1 Å². The second-order valence-corrected chi connectivity index (χ2v) is 7.82. The molecule has 0 radical (unpaired) electrons. The van der Waals surface area contributed by atoms with E-state index in [1.807, 2.05) is 44.2 Å². The molecule has 0 aliphatic rings. The van der Waals surface area contributed by atoms with E-state index in [1.165, 1.54) is 0 Å². The van der Waals surface area contributed by atoms with Crippen molar-refractivity contribution in [3.63, 3.8) is 0 Å². The average molecular weight is 433 g/mol. The van der Waals surface area contributed by atoms with Crippen LogP contribution in [0.25, 0.3) is 10.9 Å². The van der Waals surface area contributed by atoms with Crippen LogP contribution in [0.4, 0.5) is 5.82 Å². The van der Waals surface area contributed by atoms with E-state index in [2.05, 4.69) is 26.3 Å². The maximum Gasteiger partial charge on any atom is 0.200 e. The van der Waals surface area contributed by atoms with Gasteiger partial charge in [0.15, 0.2) is 17.3 Å². The molecule has 1 aromatic carbocycles. The minimum Gasteiger partial charge on any atom is -0.443 e. The molecule has 7 nitrogen and oxygen atoms in total. The number of fused-ring (bicyclic) bond motifs is 1. The number of nitrogens with one attached hydrogen (secondary N) is 1. The van der Waals surface area contributed by atoms with Gasteiger partial charge in [-0.2, -0.15) is 5.26 Å². The molecule has 3 heterocycles. The molecule has 0 spiro atoms. The lowest BCUT2D eigenvalue weighted by Crippen LogP contribution is -2.15. The third-order valence-electron chi connectivity index (χ3n) is 5.08. The number of nitrogen functional groups attached to an aromatic ring is 1. The maximum absolute atomic E-state index is 9.46. The van der Waals surface area contributed by atoms with Gasteiger partial charge in [0.25, 0.3) is 0 Å². The molecule has 3 aromatic heterocycles. The van der Waals surface area contributed by atoms with Gasteiger partial charge in [0, 0.05) is 30.2 Å². The molecule has 0 fully saturated rings. The Morgan fingerprint density at radius 2 is 2.00 bits per heavy atom. The van der Waals surface area contributed by atoms with E-state index in [0.29, 0.717) is 42.0 Å². The van der Waals surface area contributed by atoms with Gasteiger partial charge in [0.2, 0.25) is 0 Å². The summed E-state index contributed by atoms with van der Waals surface area (Å²) in [7, 11) is 0. The Hall–Kier alpha value is -3.47. The SMILES string of the molecule is Cc1cc(N)nc(C)c1CNCc1oc(Cc2ccc3ncc(Cl)cc3c2)nc1C#N. The van der Waals surface area contributed by atoms with Crippen molar-refractivity contribution in [1.82, 2.24) is 20.3 Å². The Kier molecular flexibility index (Phi) is 5.85. The van der Waals surface area contributed by atoms with Gasteiger partial charge >= 0.3 is 0 Å². The predicted octanol–water partition coefficient (Wildman–Crippen LogP) is 4.22. The Labute approximate surface area is 184 Å². The summed E-state index contributed by atoms with van der Waals surface area (Å²) >= 11 is 6.05. The molecule has 4 aromatic rings. The number of oxazole rings is 1. The first-order chi connectivity index (χ1) is 14.9. The smallest absolute Gasteiger partial charge is 0.200 e. The molecular formula is C23H21ClN6O. The lowest BCUT2D eigenvalue weighted by Gasteiger charge is -2.10. The second-order valence-electron chi connectivity index (χ2n) is 7.38. The van der Waals surface area contributed by atoms with Crippen LogP contribution in [0.5, 0.6) is 0 Å². The molecule has 0 unspecified atom stereocenters. The largest absolute Gasteiger partial charge is 0.443 e. The van der Waals surface area contributed by atoms with Crippen LogP contribution in [-0.4, -0.2) is 15.0 Å². The van der Waals surface area contributed by atoms with Crippen LogP contribution >= 0.6 is 11.6 Å². The number of pyridine rings is 2. The Morgan fingerprint density at radius 1 is 1.16 bits per heavy atom. The molecule has 0 aliphatic carbocycles. The van der Waals surface area contributed by atoms with E-state index in [4.69, 9.17) is 21.8 Å². The number of nitrogens with two attached hydrogens (primary N) is 1. The summed E-state index contributed by atoms with van der Waals surface area (Å²) in [6.07, 6.45) is 2.09. The maximum atomic E-state index is 9.46. The van der Waals surface area contributed by atoms with Gasteiger partial charge in [-0.1, -0.05) is 17.7 Å². The minimum atomic E-state index is 0.289. The summed E-state index contributed by atoms with van der Waals surface area (Å²) < 4.78 is 5.89. The van der Waals surface area contributed by atoms with E-state index >= 15 is 0 Å². The number of anilines is 1. The Balaban J connectivity index is 1.47. The first-order valence-electron chi connectivity index (χ1n) is 9.79. The van der Waals surface area contributed by atoms with Crippen molar-refractivity contribution in [2.75, 3.05) is 5.73 Å². The molecule has 0 bridgehead atoms. The van der Waals surface area contributed by atoms with Crippen molar-refractivity contribution < 1.29 is 4.42 Å². The van der Waals surface area contributed by atoms with E-state index in [-0.39, 0.29) is 5.69 Å². The minimum absolute atomic E-state index is 0.289. The summed E-state index contributed by atoms with van der Waals surface area (Å²) in [6.45, 7) is 4.90. The van der Waals surface area contributed by atoms with Crippen molar-refractivity contribution in [2.45, 2.75) is 33.4 Å². The molecule has 0 saturated carbocycles. The number of nitrogens with zero attached hydrogens (tertiary/aromatic N) is 4. The fourth-order valence-electron chi connectivity index (χ4n) is 3.58. The monoisotopic (exact) mass is 432 g/mol. The van der Waals surface area contributed by atoms with Gasteiger partial charge in [-0.3, -0.25) is 4.98 Å². The first-order valence-corrected chi connectivity index (χ1v) is 10.2. The van der Waals surface area contributed by atoms with Crippen LogP contribution in [0, 0.1) is 25.2 Å². The zero-order valence-corrected chi connectivity index (χ0v) is 18.0. The number of hydrogen-bond donors (Lipinski definition) is 2. The van der Waals surface area contributed by atoms with Crippen LogP contribution in [0.3, 0.4) is 0 Å². The third-order valence-corrected chi connectivity index (χ3v) is 5.28. The Morgan fingerprint density at radius 3 is 2.77 bits per heavy atom. The molecule has 3 N–H and O–H groups in total. The molecule has 0 aliphatic heterocycles. The standard InChI is InChI=1S/C23H21ClN6O/c1-13-5-22(26)29-14(2)18(13)11-27-12-21-20(9-25)30-23(31-21)7-15-3-4-19-16(6-15)8-17(24)10-28-19/h3-6,8,10,27H,7,11-12H2,1-2H3,(H2,26,29). The zero-order chi connectivity index (χ0) is 22.0. The summed E-state index contributed by atoms with van der Waals surface area (Å²) in [5.41, 5.74) is 11.0. The summed E-state index contributed by atoms with van der Waals surface area (Å²) in [6, 6.07) is 11.7. The molecule has 8 heteroatoms. The van der Waals surface area contributed by atoms with Gasteiger partial charge in [0.1, 0.15) is 11.9 Å². The molecule has 0 saturated heterocycles. The molecule has 156 valence electrons. The highest BCUT2D eigenvalue weighted by Gasteiger charge is 2.14. The Bertz CT molecular complexity index is 1280. The molecule has 0 atom stereocenters. The van der Waals surface area contributed by atoms with Crippen LogP contribution in [0.1, 0.15) is 39.7 Å². The summed E-state index contributed by atoms with van der Waals surface area (Å²) in [5.74, 6) is 1.52. The van der Waals surface area contributed by atoms with E-state index in [9.17, 15) is 5.26 Å². The molecule has 4 rings (SSSR count). The lowest BCUT2D eigenvalue weighted by molar-refractivity contribution is 0.445. The van der Waals surface area contributed by atoms with E-state index < -0.39 is 0 Å². The second kappa shape index (κ2) is 8.72. The van der Waals surface area contributed by atoms with Gasteiger partial charge in [-0.05, 0) is 54.8 Å². The van der Waals surface area contributed by atoms with E-state index in [0.717, 1.165) is 33.3 Å². The van der Waals surface area contributed by atoms with Gasteiger partial charge in [-0.15, -0.1) is 0 Å². The van der Waals surface area contributed by atoms with Crippen molar-refractivity contribution in [1.29, 1.82) is 5.26 Å². The zero-order valence-electron chi connectivity index (χ0n) is 17.2. The number of benzene rings is 1. The summed E-state index contributed by atoms with van der Waals surface area (Å²) in [5, 5.41) is 14.3. The fraction of sp³-hybridized carbons (Fsp3) is 0.217. The molecular weight excluding hydrogens is 412 g/mol. The number of rotatable bonds is 6. The average Bonchev–Trinajstić information content (AvgIpc) is 3.11. The fourth-order valence-corrected chi connectivity index (χ4v) is 3.74. The van der Waals surface area contributed by atoms with Gasteiger partial charge in [-0.25, -0.2) is 9.97 Å². The van der Waals surface area contributed by atoms with Crippen LogP contribution in [0.2, 0.25) is 5.02 Å². The molecule has 0 amide bonds. The quantitative estimate of drug-likeness (QED) is 0.468. The number of halogens is 1. The summed E-state index contributed by atoms with van der Waals surface area (Å²) in [4.78, 5) is 13.0. The highest BCUT2D eigenvalue weighted by atomic mass is 35.5.